The topological polar surface area (TPSA) is 52.6 Å². The fourth-order valence-corrected chi connectivity index (χ4v) is 3.64. The van der Waals surface area contributed by atoms with Crippen molar-refractivity contribution in [2.45, 2.75) is 39.0 Å². The van der Waals surface area contributed by atoms with Crippen molar-refractivity contribution in [2.75, 3.05) is 7.11 Å². The van der Waals surface area contributed by atoms with Gasteiger partial charge in [-0.1, -0.05) is 37.6 Å². The number of ether oxygens (including phenoxy) is 2. The molecule has 1 aliphatic rings. The summed E-state index contributed by atoms with van der Waals surface area (Å²) in [6.45, 7) is 2.22. The number of carbonyl (C=O) groups excluding carboxylic acids is 2. The predicted octanol–water partition coefficient (Wildman–Crippen LogP) is 5.26. The Morgan fingerprint density at radius 2 is 1.44 bits per heavy atom. The van der Waals surface area contributed by atoms with Crippen LogP contribution >= 0.6 is 0 Å². The first-order chi connectivity index (χ1) is 13.1. The van der Waals surface area contributed by atoms with Crippen molar-refractivity contribution in [3.63, 3.8) is 0 Å². The molecule has 0 spiro atoms. The van der Waals surface area contributed by atoms with Crippen LogP contribution in [0, 0.1) is 11.8 Å². The van der Waals surface area contributed by atoms with Gasteiger partial charge in [-0.15, -0.1) is 0 Å². The maximum Gasteiger partial charge on any atom is 0.337 e. The van der Waals surface area contributed by atoms with Gasteiger partial charge in [-0.2, -0.15) is 0 Å². The number of carbonyl (C=O) groups is 2. The van der Waals surface area contributed by atoms with Crippen LogP contribution in [0.4, 0.5) is 0 Å². The molecule has 0 atom stereocenters. The third-order valence-corrected chi connectivity index (χ3v) is 5.47. The molecule has 1 fully saturated rings. The van der Waals surface area contributed by atoms with E-state index in [-0.39, 0.29) is 17.9 Å². The van der Waals surface area contributed by atoms with Crippen LogP contribution in [0.1, 0.15) is 49.4 Å². The SMILES string of the molecule is CCC1CCC(C(=O)Oc2ccc(-c3ccc(C(=O)OC)cc3)cc2)CC1. The van der Waals surface area contributed by atoms with E-state index < -0.39 is 0 Å². The average Bonchev–Trinajstić information content (AvgIpc) is 2.74. The van der Waals surface area contributed by atoms with Gasteiger partial charge in [0.1, 0.15) is 5.75 Å². The molecular formula is C23H26O4. The predicted molar refractivity (Wildman–Crippen MR) is 105 cm³/mol. The first-order valence-corrected chi connectivity index (χ1v) is 9.61. The lowest BCUT2D eigenvalue weighted by Crippen LogP contribution is -2.25. The molecular weight excluding hydrogens is 340 g/mol. The lowest BCUT2D eigenvalue weighted by atomic mass is 9.81. The Labute approximate surface area is 160 Å². The molecule has 27 heavy (non-hydrogen) atoms. The second-order valence-corrected chi connectivity index (χ2v) is 7.14. The second-order valence-electron chi connectivity index (χ2n) is 7.14. The highest BCUT2D eigenvalue weighted by Crippen LogP contribution is 2.32. The van der Waals surface area contributed by atoms with E-state index in [2.05, 4.69) is 6.92 Å². The van der Waals surface area contributed by atoms with E-state index in [9.17, 15) is 9.59 Å². The molecule has 1 saturated carbocycles. The van der Waals surface area contributed by atoms with E-state index >= 15 is 0 Å². The molecule has 0 unspecified atom stereocenters. The fourth-order valence-electron chi connectivity index (χ4n) is 3.64. The summed E-state index contributed by atoms with van der Waals surface area (Å²) >= 11 is 0. The summed E-state index contributed by atoms with van der Waals surface area (Å²) in [5, 5.41) is 0. The highest BCUT2D eigenvalue weighted by Gasteiger charge is 2.26. The zero-order valence-corrected chi connectivity index (χ0v) is 15.9. The molecule has 1 aliphatic carbocycles. The number of benzene rings is 2. The number of hydrogen-bond acceptors (Lipinski definition) is 4. The maximum atomic E-state index is 12.4. The van der Waals surface area contributed by atoms with Crippen molar-refractivity contribution < 1.29 is 19.1 Å². The molecule has 0 bridgehead atoms. The van der Waals surface area contributed by atoms with Gasteiger partial charge in [-0.3, -0.25) is 4.79 Å². The molecule has 0 aliphatic heterocycles. The molecule has 0 N–H and O–H groups in total. The van der Waals surface area contributed by atoms with Gasteiger partial charge in [-0.25, -0.2) is 4.79 Å². The second kappa shape index (κ2) is 8.85. The average molecular weight is 366 g/mol. The third kappa shape index (κ3) is 4.76. The van der Waals surface area contributed by atoms with E-state index in [1.165, 1.54) is 13.5 Å². The number of esters is 2. The van der Waals surface area contributed by atoms with Gasteiger partial charge in [0, 0.05) is 0 Å². The van der Waals surface area contributed by atoms with Gasteiger partial charge < -0.3 is 9.47 Å². The Morgan fingerprint density at radius 3 is 1.96 bits per heavy atom. The number of hydrogen-bond donors (Lipinski definition) is 0. The summed E-state index contributed by atoms with van der Waals surface area (Å²) in [6, 6.07) is 14.7. The van der Waals surface area contributed by atoms with Gasteiger partial charge in [0.2, 0.25) is 0 Å². The summed E-state index contributed by atoms with van der Waals surface area (Å²) in [7, 11) is 1.37. The summed E-state index contributed by atoms with van der Waals surface area (Å²) in [6.07, 6.45) is 5.31. The van der Waals surface area contributed by atoms with E-state index in [4.69, 9.17) is 9.47 Å². The standard InChI is InChI=1S/C23H26O4/c1-3-16-4-6-20(7-5-16)23(25)27-21-14-12-18(13-15-21)17-8-10-19(11-9-17)22(24)26-2/h8-16,20H,3-7H2,1-2H3. The molecule has 0 radical (unpaired) electrons. The van der Waals surface area contributed by atoms with Crippen LogP contribution in [0.25, 0.3) is 11.1 Å². The molecule has 0 amide bonds. The van der Waals surface area contributed by atoms with E-state index in [1.54, 1.807) is 12.1 Å². The summed E-state index contributed by atoms with van der Waals surface area (Å²) in [5.74, 6) is 0.904. The van der Waals surface area contributed by atoms with Crippen molar-refractivity contribution in [3.05, 3.63) is 54.1 Å². The molecule has 0 aromatic heterocycles. The Kier molecular flexibility index (Phi) is 6.28. The fraction of sp³-hybridized carbons (Fsp3) is 0.391. The first-order valence-electron chi connectivity index (χ1n) is 9.61. The first kappa shape index (κ1) is 19.2. The molecule has 0 saturated heterocycles. The molecule has 2 aromatic rings. The largest absolute Gasteiger partial charge is 0.465 e. The summed E-state index contributed by atoms with van der Waals surface area (Å²) in [5.41, 5.74) is 2.50. The lowest BCUT2D eigenvalue weighted by Gasteiger charge is -2.26. The molecule has 3 rings (SSSR count). The van der Waals surface area contributed by atoms with Crippen molar-refractivity contribution in [2.24, 2.45) is 11.8 Å². The Bertz CT molecular complexity index is 769. The minimum atomic E-state index is -0.350. The van der Waals surface area contributed by atoms with Crippen LogP contribution in [-0.4, -0.2) is 19.0 Å². The minimum Gasteiger partial charge on any atom is -0.465 e. The minimum absolute atomic E-state index is 0.0262. The van der Waals surface area contributed by atoms with Crippen LogP contribution in [0.2, 0.25) is 0 Å². The Balaban J connectivity index is 1.60. The van der Waals surface area contributed by atoms with Gasteiger partial charge in [0.25, 0.3) is 0 Å². The van der Waals surface area contributed by atoms with E-state index in [0.29, 0.717) is 11.3 Å². The van der Waals surface area contributed by atoms with Crippen LogP contribution < -0.4 is 4.74 Å². The smallest absolute Gasteiger partial charge is 0.337 e. The molecule has 2 aromatic carbocycles. The van der Waals surface area contributed by atoms with E-state index in [1.807, 2.05) is 36.4 Å². The van der Waals surface area contributed by atoms with Gasteiger partial charge in [0.15, 0.2) is 0 Å². The third-order valence-electron chi connectivity index (χ3n) is 5.47. The van der Waals surface area contributed by atoms with Gasteiger partial charge in [-0.05, 0) is 67.0 Å². The molecule has 4 nitrogen and oxygen atoms in total. The van der Waals surface area contributed by atoms with Gasteiger partial charge in [0.05, 0.1) is 18.6 Å². The highest BCUT2D eigenvalue weighted by molar-refractivity contribution is 5.90. The van der Waals surface area contributed by atoms with Crippen LogP contribution in [0.3, 0.4) is 0 Å². The monoisotopic (exact) mass is 366 g/mol. The lowest BCUT2D eigenvalue weighted by molar-refractivity contribution is -0.140. The number of methoxy groups -OCH3 is 1. The van der Waals surface area contributed by atoms with Gasteiger partial charge >= 0.3 is 11.9 Å². The zero-order chi connectivity index (χ0) is 19.2. The quantitative estimate of drug-likeness (QED) is 0.535. The normalized spacial score (nSPS) is 19.3. The van der Waals surface area contributed by atoms with Crippen molar-refractivity contribution in [3.8, 4) is 16.9 Å². The van der Waals surface area contributed by atoms with Crippen molar-refractivity contribution >= 4 is 11.9 Å². The van der Waals surface area contributed by atoms with Crippen molar-refractivity contribution in [1.29, 1.82) is 0 Å². The number of rotatable bonds is 5. The van der Waals surface area contributed by atoms with E-state index in [0.717, 1.165) is 42.7 Å². The molecule has 4 heteroatoms. The van der Waals surface area contributed by atoms with Crippen LogP contribution in [0.15, 0.2) is 48.5 Å². The van der Waals surface area contributed by atoms with Crippen LogP contribution in [0.5, 0.6) is 5.75 Å². The maximum absolute atomic E-state index is 12.4. The van der Waals surface area contributed by atoms with Crippen LogP contribution in [-0.2, 0) is 9.53 Å². The summed E-state index contributed by atoms with van der Waals surface area (Å²) in [4.78, 5) is 23.9. The zero-order valence-electron chi connectivity index (χ0n) is 15.9. The van der Waals surface area contributed by atoms with Crippen molar-refractivity contribution in [1.82, 2.24) is 0 Å². The summed E-state index contributed by atoms with van der Waals surface area (Å²) < 4.78 is 10.3. The molecule has 142 valence electrons. The Morgan fingerprint density at radius 1 is 0.889 bits per heavy atom. The highest BCUT2D eigenvalue weighted by atomic mass is 16.5. The molecule has 0 heterocycles. The Hall–Kier alpha value is -2.62.